The largest absolute Gasteiger partial charge is 0.462 e. The Morgan fingerprint density at radius 3 is 1.76 bits per heavy atom. The molecule has 0 aromatic rings. The van der Waals surface area contributed by atoms with Crippen LogP contribution in [0.4, 0.5) is 0 Å². The standard InChI is InChI=1S/C34H60O7/c1-3-4-5-6-7-8-9-10-11-14-21-30(37)32-23-24-33(41-32)31(38)22-15-12-13-18-27(36)19-16-17-20-28-25-29(26(2)35)34(39)40-28/h28-33,37-38H,3-25H2,1-2H3/t28?,29?,30?,31?,32-,33-/m1/s1. The second-order valence-electron chi connectivity index (χ2n) is 12.7. The van der Waals surface area contributed by atoms with Crippen LogP contribution in [0.2, 0.25) is 0 Å². The van der Waals surface area contributed by atoms with Crippen molar-refractivity contribution in [2.45, 2.75) is 192 Å². The second-order valence-corrected chi connectivity index (χ2v) is 12.7. The lowest BCUT2D eigenvalue weighted by molar-refractivity contribution is -0.146. The maximum atomic E-state index is 12.2. The van der Waals surface area contributed by atoms with Crippen LogP contribution in [-0.2, 0) is 23.9 Å². The van der Waals surface area contributed by atoms with Crippen molar-refractivity contribution in [2.24, 2.45) is 5.92 Å². The number of aliphatic hydroxyl groups is 2. The summed E-state index contributed by atoms with van der Waals surface area (Å²) in [5.41, 5.74) is 0. The Bertz CT molecular complexity index is 739. The third-order valence-corrected chi connectivity index (χ3v) is 9.04. The van der Waals surface area contributed by atoms with E-state index >= 15 is 0 Å². The maximum Gasteiger partial charge on any atom is 0.316 e. The number of hydrogen-bond acceptors (Lipinski definition) is 7. The van der Waals surface area contributed by atoms with Crippen molar-refractivity contribution in [3.05, 3.63) is 0 Å². The Labute approximate surface area is 249 Å². The molecule has 7 nitrogen and oxygen atoms in total. The van der Waals surface area contributed by atoms with E-state index in [9.17, 15) is 24.6 Å². The number of Topliss-reactive ketones (excluding diaryl/α,β-unsaturated/α-hetero) is 2. The fraction of sp³-hybridized carbons (Fsp3) is 0.912. The molecular weight excluding hydrogens is 520 g/mol. The number of ether oxygens (including phenoxy) is 2. The Morgan fingerprint density at radius 2 is 1.24 bits per heavy atom. The molecular formula is C34H60O7. The number of aliphatic hydroxyl groups excluding tert-OH is 2. The number of esters is 1. The zero-order valence-electron chi connectivity index (χ0n) is 26.2. The molecule has 0 radical (unpaired) electrons. The monoisotopic (exact) mass is 580 g/mol. The lowest BCUT2D eigenvalue weighted by atomic mass is 9.97. The van der Waals surface area contributed by atoms with Gasteiger partial charge in [0.25, 0.3) is 0 Å². The lowest BCUT2D eigenvalue weighted by Gasteiger charge is -2.22. The molecule has 238 valence electrons. The molecule has 4 unspecified atom stereocenters. The van der Waals surface area contributed by atoms with Gasteiger partial charge < -0.3 is 19.7 Å². The van der Waals surface area contributed by atoms with Crippen LogP contribution in [0.5, 0.6) is 0 Å². The SMILES string of the molecule is CCCCCCCCCCCCC(O)[C@H]1CC[C@H](C(O)CCCCCC(=O)CCCCC2CC(C(C)=O)C(=O)O2)O1. The number of cyclic esters (lactones) is 1. The van der Waals surface area contributed by atoms with E-state index in [-0.39, 0.29) is 29.9 Å². The van der Waals surface area contributed by atoms with Crippen LogP contribution >= 0.6 is 0 Å². The van der Waals surface area contributed by atoms with E-state index in [2.05, 4.69) is 6.92 Å². The zero-order valence-corrected chi connectivity index (χ0v) is 26.2. The van der Waals surface area contributed by atoms with Gasteiger partial charge in [0.05, 0.1) is 24.4 Å². The minimum Gasteiger partial charge on any atom is -0.462 e. The van der Waals surface area contributed by atoms with Gasteiger partial charge in [-0.05, 0) is 58.3 Å². The molecule has 6 atom stereocenters. The molecule has 41 heavy (non-hydrogen) atoms. The molecule has 2 saturated heterocycles. The number of ketones is 2. The second kappa shape index (κ2) is 21.4. The molecule has 0 bridgehead atoms. The molecule has 0 aromatic carbocycles. The van der Waals surface area contributed by atoms with Crippen LogP contribution in [0.15, 0.2) is 0 Å². The van der Waals surface area contributed by atoms with Crippen LogP contribution in [-0.4, -0.2) is 58.3 Å². The van der Waals surface area contributed by atoms with Gasteiger partial charge in [-0.15, -0.1) is 0 Å². The van der Waals surface area contributed by atoms with Crippen molar-refractivity contribution < 1.29 is 34.1 Å². The van der Waals surface area contributed by atoms with Gasteiger partial charge in [-0.25, -0.2) is 0 Å². The maximum absolute atomic E-state index is 12.2. The van der Waals surface area contributed by atoms with E-state index in [1.54, 1.807) is 0 Å². The summed E-state index contributed by atoms with van der Waals surface area (Å²) in [6, 6.07) is 0. The molecule has 2 heterocycles. The smallest absolute Gasteiger partial charge is 0.316 e. The minimum atomic E-state index is -0.604. The molecule has 2 rings (SSSR count). The summed E-state index contributed by atoms with van der Waals surface area (Å²) < 4.78 is 11.3. The highest BCUT2D eigenvalue weighted by Gasteiger charge is 2.37. The number of carbonyl (C=O) groups is 3. The fourth-order valence-corrected chi connectivity index (χ4v) is 6.30. The van der Waals surface area contributed by atoms with Gasteiger partial charge >= 0.3 is 5.97 Å². The summed E-state index contributed by atoms with van der Waals surface area (Å²) in [5, 5.41) is 21.2. The van der Waals surface area contributed by atoms with Gasteiger partial charge in [0.1, 0.15) is 23.6 Å². The van der Waals surface area contributed by atoms with Gasteiger partial charge in [-0.1, -0.05) is 84.0 Å². The molecule has 0 spiro atoms. The van der Waals surface area contributed by atoms with E-state index < -0.39 is 24.1 Å². The van der Waals surface area contributed by atoms with Crippen LogP contribution < -0.4 is 0 Å². The van der Waals surface area contributed by atoms with Crippen molar-refractivity contribution in [3.63, 3.8) is 0 Å². The molecule has 2 fully saturated rings. The summed E-state index contributed by atoms with van der Waals surface area (Å²) in [7, 11) is 0. The summed E-state index contributed by atoms with van der Waals surface area (Å²) in [6.45, 7) is 3.68. The number of rotatable bonds is 25. The molecule has 2 aliphatic rings. The quantitative estimate of drug-likeness (QED) is 0.0669. The van der Waals surface area contributed by atoms with E-state index in [4.69, 9.17) is 9.47 Å². The normalized spacial score (nSPS) is 24.0. The Kier molecular flexibility index (Phi) is 18.7. The van der Waals surface area contributed by atoms with Crippen molar-refractivity contribution >= 4 is 17.5 Å². The first-order valence-corrected chi connectivity index (χ1v) is 17.1. The number of hydrogen-bond donors (Lipinski definition) is 2. The predicted octanol–water partition coefficient (Wildman–Crippen LogP) is 7.17. The first-order chi connectivity index (χ1) is 19.8. The van der Waals surface area contributed by atoms with Crippen molar-refractivity contribution in [1.29, 1.82) is 0 Å². The topological polar surface area (TPSA) is 110 Å². The van der Waals surface area contributed by atoms with Gasteiger partial charge in [0.15, 0.2) is 0 Å². The van der Waals surface area contributed by atoms with Crippen LogP contribution in [0.1, 0.15) is 162 Å². The van der Waals surface area contributed by atoms with Crippen molar-refractivity contribution in [3.8, 4) is 0 Å². The van der Waals surface area contributed by atoms with E-state index in [1.807, 2.05) is 0 Å². The lowest BCUT2D eigenvalue weighted by Crippen LogP contribution is -2.31. The number of unbranched alkanes of at least 4 members (excludes halogenated alkanes) is 12. The predicted molar refractivity (Wildman–Crippen MR) is 162 cm³/mol. The third kappa shape index (κ3) is 15.1. The van der Waals surface area contributed by atoms with E-state index in [1.165, 1.54) is 64.7 Å². The van der Waals surface area contributed by atoms with Gasteiger partial charge in [-0.3, -0.25) is 14.4 Å². The third-order valence-electron chi connectivity index (χ3n) is 9.04. The molecule has 2 N–H and O–H groups in total. The molecule has 0 saturated carbocycles. The molecule has 0 amide bonds. The highest BCUT2D eigenvalue weighted by molar-refractivity contribution is 5.98. The molecule has 7 heteroatoms. The highest BCUT2D eigenvalue weighted by Crippen LogP contribution is 2.29. The summed E-state index contributed by atoms with van der Waals surface area (Å²) in [5.74, 6) is -0.879. The Hall–Kier alpha value is -1.31. The summed E-state index contributed by atoms with van der Waals surface area (Å²) in [6.07, 6.45) is 20.9. The van der Waals surface area contributed by atoms with E-state index in [0.717, 1.165) is 57.8 Å². The molecule has 0 aromatic heterocycles. The van der Waals surface area contributed by atoms with Crippen molar-refractivity contribution in [2.75, 3.05) is 0 Å². The highest BCUT2D eigenvalue weighted by atomic mass is 16.6. The van der Waals surface area contributed by atoms with Gasteiger partial charge in [-0.2, -0.15) is 0 Å². The zero-order chi connectivity index (χ0) is 29.9. The number of carbonyl (C=O) groups excluding carboxylic acids is 3. The first kappa shape index (κ1) is 35.9. The van der Waals surface area contributed by atoms with Gasteiger partial charge in [0, 0.05) is 19.3 Å². The van der Waals surface area contributed by atoms with Crippen LogP contribution in [0.3, 0.4) is 0 Å². The Morgan fingerprint density at radius 1 is 0.756 bits per heavy atom. The summed E-state index contributed by atoms with van der Waals surface area (Å²) >= 11 is 0. The fourth-order valence-electron chi connectivity index (χ4n) is 6.30. The van der Waals surface area contributed by atoms with Crippen LogP contribution in [0.25, 0.3) is 0 Å². The molecule has 2 aliphatic heterocycles. The van der Waals surface area contributed by atoms with Crippen LogP contribution in [0, 0.1) is 5.92 Å². The first-order valence-electron chi connectivity index (χ1n) is 17.1. The minimum absolute atomic E-state index is 0.131. The van der Waals surface area contributed by atoms with Crippen molar-refractivity contribution in [1.82, 2.24) is 0 Å². The van der Waals surface area contributed by atoms with Gasteiger partial charge in [0.2, 0.25) is 0 Å². The average Bonchev–Trinajstić information content (AvgIpc) is 3.59. The molecule has 0 aliphatic carbocycles. The van der Waals surface area contributed by atoms with E-state index in [0.29, 0.717) is 32.1 Å². The summed E-state index contributed by atoms with van der Waals surface area (Å²) in [4.78, 5) is 35.3. The Balaban J connectivity index is 1.41. The average molecular weight is 581 g/mol.